The highest BCUT2D eigenvalue weighted by molar-refractivity contribution is 6.31. The molecule has 0 fully saturated rings. The van der Waals surface area contributed by atoms with E-state index in [4.69, 9.17) is 21.1 Å². The van der Waals surface area contributed by atoms with Crippen LogP contribution in [0.4, 0.5) is 4.79 Å². The zero-order valence-electron chi connectivity index (χ0n) is 23.7. The van der Waals surface area contributed by atoms with E-state index in [-0.39, 0.29) is 5.91 Å². The molecule has 8 heteroatoms. The van der Waals surface area contributed by atoms with E-state index in [1.54, 1.807) is 0 Å². The number of benzene rings is 2. The monoisotopic (exact) mass is 543 g/mol. The number of hydrogen-bond acceptors (Lipinski definition) is 5. The third kappa shape index (κ3) is 7.87. The zero-order chi connectivity index (χ0) is 28.0. The summed E-state index contributed by atoms with van der Waals surface area (Å²) in [6, 6.07) is 13.2. The lowest BCUT2D eigenvalue weighted by Crippen LogP contribution is -2.50. The van der Waals surface area contributed by atoms with Gasteiger partial charge in [0.2, 0.25) is 5.91 Å². The van der Waals surface area contributed by atoms with Gasteiger partial charge in [0.25, 0.3) is 0 Å². The van der Waals surface area contributed by atoms with Crippen LogP contribution >= 0.6 is 11.6 Å². The van der Waals surface area contributed by atoms with E-state index in [9.17, 15) is 9.59 Å². The van der Waals surface area contributed by atoms with Crippen molar-refractivity contribution in [2.45, 2.75) is 85.2 Å². The van der Waals surface area contributed by atoms with E-state index in [0.29, 0.717) is 49.0 Å². The summed E-state index contributed by atoms with van der Waals surface area (Å²) in [6.45, 7) is 16.0. The minimum atomic E-state index is -0.780. The minimum absolute atomic E-state index is 0.214. The molecule has 0 bridgehead atoms. The van der Waals surface area contributed by atoms with Gasteiger partial charge in [0.05, 0.1) is 0 Å². The first-order valence-corrected chi connectivity index (χ1v) is 13.8. The number of fused-ring (bicyclic) bond motifs is 1. The molecule has 7 nitrogen and oxygen atoms in total. The molecule has 0 spiro atoms. The van der Waals surface area contributed by atoms with E-state index in [2.05, 4.69) is 37.9 Å². The van der Waals surface area contributed by atoms with Crippen LogP contribution in [0.2, 0.25) is 5.02 Å². The fourth-order valence-corrected chi connectivity index (χ4v) is 4.98. The Morgan fingerprint density at radius 3 is 2.42 bits per heavy atom. The number of halogens is 1. The molecule has 208 valence electrons. The smallest absolute Gasteiger partial charge is 0.411 e. The average molecular weight is 544 g/mol. The molecule has 0 saturated heterocycles. The van der Waals surface area contributed by atoms with Crippen molar-refractivity contribution in [2.75, 3.05) is 19.6 Å². The van der Waals surface area contributed by atoms with Crippen LogP contribution in [0.5, 0.6) is 5.75 Å². The molecule has 2 amide bonds. The molecule has 1 N–H and O–H groups in total. The molecule has 1 aliphatic heterocycles. The predicted molar refractivity (Wildman–Crippen MR) is 152 cm³/mol. The van der Waals surface area contributed by atoms with E-state index < -0.39 is 17.7 Å². The Kier molecular flexibility index (Phi) is 10.1. The first kappa shape index (κ1) is 29.8. The Labute approximate surface area is 232 Å². The third-order valence-electron chi connectivity index (χ3n) is 6.57. The summed E-state index contributed by atoms with van der Waals surface area (Å²) in [5.41, 5.74) is 2.00. The zero-order valence-corrected chi connectivity index (χ0v) is 24.5. The number of carbonyl (C=O) groups is 2. The van der Waals surface area contributed by atoms with Crippen molar-refractivity contribution < 1.29 is 19.1 Å². The van der Waals surface area contributed by atoms with Crippen LogP contribution in [0.15, 0.2) is 42.5 Å². The molecule has 1 heterocycles. The molecule has 1 atom stereocenters. The predicted octanol–water partition coefficient (Wildman–Crippen LogP) is 5.99. The number of amides is 2. The first-order valence-electron chi connectivity index (χ1n) is 13.4. The maximum Gasteiger partial charge on any atom is 0.411 e. The number of hydrogen-bond donors (Lipinski definition) is 1. The van der Waals surface area contributed by atoms with Gasteiger partial charge >= 0.3 is 6.09 Å². The minimum Gasteiger partial charge on any atom is -0.489 e. The highest BCUT2D eigenvalue weighted by Crippen LogP contribution is 2.34. The summed E-state index contributed by atoms with van der Waals surface area (Å²) in [7, 11) is 0. The van der Waals surface area contributed by atoms with Crippen LogP contribution in [0, 0.1) is 0 Å². The second kappa shape index (κ2) is 12.9. The summed E-state index contributed by atoms with van der Waals surface area (Å²) in [5, 5.41) is 3.73. The molecule has 1 unspecified atom stereocenters. The van der Waals surface area contributed by atoms with E-state index in [1.807, 2.05) is 63.2 Å². The highest BCUT2D eigenvalue weighted by atomic mass is 35.5. The molecule has 0 radical (unpaired) electrons. The van der Waals surface area contributed by atoms with Crippen LogP contribution in [0.1, 0.15) is 71.2 Å². The van der Waals surface area contributed by atoms with Crippen LogP contribution in [-0.2, 0) is 22.6 Å². The Balaban J connectivity index is 1.81. The molecule has 0 aliphatic carbocycles. The normalized spacial score (nSPS) is 15.6. The van der Waals surface area contributed by atoms with Crippen molar-refractivity contribution in [1.82, 2.24) is 15.1 Å². The first-order chi connectivity index (χ1) is 17.9. The third-order valence-corrected chi connectivity index (χ3v) is 6.94. The summed E-state index contributed by atoms with van der Waals surface area (Å²) in [5.74, 6) is 0.479. The van der Waals surface area contributed by atoms with E-state index >= 15 is 0 Å². The summed E-state index contributed by atoms with van der Waals surface area (Å²) >= 11 is 6.27. The van der Waals surface area contributed by atoms with Crippen molar-refractivity contribution in [1.29, 1.82) is 0 Å². The second-order valence-electron chi connectivity index (χ2n) is 11.3. The van der Waals surface area contributed by atoms with Gasteiger partial charge < -0.3 is 14.8 Å². The SMILES string of the molecule is CC(C)N(CCNC(=O)C1c2ccc(OCc3ccccc3Cl)cc2CCN1C(=O)OC(C)(C)C)C(C)C. The average Bonchev–Trinajstić information content (AvgIpc) is 2.83. The molecule has 1 aliphatic rings. The van der Waals surface area contributed by atoms with E-state index in [0.717, 1.165) is 23.2 Å². The van der Waals surface area contributed by atoms with Gasteiger partial charge in [-0.2, -0.15) is 0 Å². The number of carbonyl (C=O) groups excluding carboxylic acids is 2. The van der Waals surface area contributed by atoms with Gasteiger partial charge in [-0.25, -0.2) is 4.79 Å². The lowest BCUT2D eigenvalue weighted by Gasteiger charge is -2.37. The van der Waals surface area contributed by atoms with E-state index in [1.165, 1.54) is 4.90 Å². The summed E-state index contributed by atoms with van der Waals surface area (Å²) < 4.78 is 11.7. The van der Waals surface area contributed by atoms with Gasteiger partial charge in [0.15, 0.2) is 0 Å². The van der Waals surface area contributed by atoms with Crippen molar-refractivity contribution in [3.8, 4) is 5.75 Å². The topological polar surface area (TPSA) is 71.1 Å². The Hall–Kier alpha value is -2.77. The van der Waals surface area contributed by atoms with Gasteiger partial charge in [-0.15, -0.1) is 0 Å². The molecule has 3 rings (SSSR count). The molecule has 38 heavy (non-hydrogen) atoms. The molecule has 0 aromatic heterocycles. The van der Waals surface area contributed by atoms with Crippen LogP contribution in [-0.4, -0.2) is 59.1 Å². The van der Waals surface area contributed by atoms with Gasteiger partial charge in [0.1, 0.15) is 24.0 Å². The fraction of sp³-hybridized carbons (Fsp3) is 0.533. The summed E-state index contributed by atoms with van der Waals surface area (Å²) in [6.07, 6.45) is 0.101. The molecule has 0 saturated carbocycles. The van der Waals surface area contributed by atoms with Crippen molar-refractivity contribution in [3.05, 3.63) is 64.2 Å². The number of nitrogens with one attached hydrogen (secondary N) is 1. The quantitative estimate of drug-likeness (QED) is 0.421. The van der Waals surface area contributed by atoms with Crippen LogP contribution in [0.3, 0.4) is 0 Å². The number of nitrogens with zero attached hydrogens (tertiary/aromatic N) is 2. The number of ether oxygens (including phenoxy) is 2. The van der Waals surface area contributed by atoms with Crippen LogP contribution in [0.25, 0.3) is 0 Å². The molecule has 2 aromatic carbocycles. The largest absolute Gasteiger partial charge is 0.489 e. The van der Waals surface area contributed by atoms with Gasteiger partial charge in [0, 0.05) is 42.3 Å². The van der Waals surface area contributed by atoms with Crippen molar-refractivity contribution in [3.63, 3.8) is 0 Å². The standard InChI is InChI=1S/C30H42ClN3O4/c1-20(2)33(21(3)4)17-15-32-28(35)27-25-13-12-24(37-19-23-10-8-9-11-26(23)31)18-22(25)14-16-34(27)29(36)38-30(5,6)7/h8-13,18,20-21,27H,14-17,19H2,1-7H3,(H,32,35). The second-order valence-corrected chi connectivity index (χ2v) is 11.7. The molecular weight excluding hydrogens is 502 g/mol. The van der Waals surface area contributed by atoms with Crippen molar-refractivity contribution >= 4 is 23.6 Å². The van der Waals surface area contributed by atoms with Crippen LogP contribution < -0.4 is 10.1 Å². The lowest BCUT2D eigenvalue weighted by molar-refractivity contribution is -0.127. The molecular formula is C30H42ClN3O4. The Morgan fingerprint density at radius 1 is 1.11 bits per heavy atom. The Morgan fingerprint density at radius 2 is 1.79 bits per heavy atom. The summed E-state index contributed by atoms with van der Waals surface area (Å²) in [4.78, 5) is 30.6. The maximum atomic E-state index is 13.6. The van der Waals surface area contributed by atoms with Crippen molar-refractivity contribution in [2.24, 2.45) is 0 Å². The fourth-order valence-electron chi connectivity index (χ4n) is 4.79. The molecule has 2 aromatic rings. The Bertz CT molecular complexity index is 1100. The highest BCUT2D eigenvalue weighted by Gasteiger charge is 2.38. The van der Waals surface area contributed by atoms with Gasteiger partial charge in [-0.1, -0.05) is 35.9 Å². The number of rotatable bonds is 9. The van der Waals surface area contributed by atoms with Gasteiger partial charge in [-0.05, 0) is 84.2 Å². The lowest BCUT2D eigenvalue weighted by atomic mass is 9.92. The van der Waals surface area contributed by atoms with Gasteiger partial charge in [-0.3, -0.25) is 14.6 Å². The maximum absolute atomic E-state index is 13.6.